The normalized spacial score (nSPS) is 12.2. The van der Waals surface area contributed by atoms with Gasteiger partial charge in [0, 0.05) is 38.6 Å². The van der Waals surface area contributed by atoms with Gasteiger partial charge in [0.15, 0.2) is 0 Å². The number of ether oxygens (including phenoxy) is 1. The van der Waals surface area contributed by atoms with Crippen molar-refractivity contribution in [2.45, 2.75) is 45.8 Å². The number of carbonyl (C=O) groups excluding carboxylic acids is 1. The lowest BCUT2D eigenvalue weighted by atomic mass is 10.2. The molecule has 0 rings (SSSR count). The van der Waals surface area contributed by atoms with E-state index in [2.05, 4.69) is 10.5 Å². The standard InChI is InChI=1S/C11H21N3O5/c1-4-11(17)18-9(2)19-13-12-14(3)8-6-5-7-10(15)16/h9H,4-8H2,1-3H3,(H,15,16)/b13-12-. The topological polar surface area (TPSA) is 101 Å². The lowest BCUT2D eigenvalue weighted by Crippen LogP contribution is -2.16. The number of esters is 1. The summed E-state index contributed by atoms with van der Waals surface area (Å²) in [6, 6.07) is 0. The van der Waals surface area contributed by atoms with E-state index in [1.807, 2.05) is 0 Å². The van der Waals surface area contributed by atoms with Crippen molar-refractivity contribution in [1.82, 2.24) is 5.01 Å². The summed E-state index contributed by atoms with van der Waals surface area (Å²) < 4.78 is 4.81. The van der Waals surface area contributed by atoms with Crippen LogP contribution in [0.3, 0.4) is 0 Å². The molecule has 19 heavy (non-hydrogen) atoms. The second-order valence-electron chi connectivity index (χ2n) is 3.92. The molecular weight excluding hydrogens is 254 g/mol. The minimum absolute atomic E-state index is 0.144. The van der Waals surface area contributed by atoms with Gasteiger partial charge in [0.1, 0.15) is 0 Å². The molecule has 1 unspecified atom stereocenters. The van der Waals surface area contributed by atoms with Gasteiger partial charge in [0.05, 0.1) is 0 Å². The third kappa shape index (κ3) is 11.0. The van der Waals surface area contributed by atoms with Crippen molar-refractivity contribution in [1.29, 1.82) is 0 Å². The molecule has 0 aromatic heterocycles. The van der Waals surface area contributed by atoms with E-state index in [1.54, 1.807) is 20.9 Å². The Hall–Kier alpha value is -1.86. The van der Waals surface area contributed by atoms with Gasteiger partial charge >= 0.3 is 11.9 Å². The van der Waals surface area contributed by atoms with Crippen molar-refractivity contribution in [2.75, 3.05) is 13.6 Å². The monoisotopic (exact) mass is 275 g/mol. The molecule has 0 bridgehead atoms. The van der Waals surface area contributed by atoms with Crippen LogP contribution in [0.2, 0.25) is 0 Å². The second kappa shape index (κ2) is 10.1. The first-order valence-electron chi connectivity index (χ1n) is 6.14. The molecule has 1 N–H and O–H groups in total. The van der Waals surface area contributed by atoms with Crippen LogP contribution in [0.4, 0.5) is 0 Å². The summed E-state index contributed by atoms with van der Waals surface area (Å²) in [5.41, 5.74) is 0. The molecule has 0 aromatic rings. The first-order chi connectivity index (χ1) is 8.95. The maximum Gasteiger partial charge on any atom is 0.308 e. The molecule has 0 aliphatic rings. The Labute approximate surface area is 112 Å². The van der Waals surface area contributed by atoms with Gasteiger partial charge in [-0.2, -0.15) is 0 Å². The highest BCUT2D eigenvalue weighted by Crippen LogP contribution is 2.00. The van der Waals surface area contributed by atoms with E-state index in [0.29, 0.717) is 19.4 Å². The first kappa shape index (κ1) is 17.1. The Morgan fingerprint density at radius 2 is 2.05 bits per heavy atom. The number of nitrogens with zero attached hydrogens (tertiary/aromatic N) is 3. The van der Waals surface area contributed by atoms with Gasteiger partial charge in [-0.3, -0.25) is 14.6 Å². The van der Waals surface area contributed by atoms with Crippen LogP contribution in [0.15, 0.2) is 10.5 Å². The molecule has 0 aliphatic carbocycles. The number of carbonyl (C=O) groups is 2. The van der Waals surface area contributed by atoms with Crippen molar-refractivity contribution in [3.05, 3.63) is 0 Å². The van der Waals surface area contributed by atoms with Crippen LogP contribution < -0.4 is 0 Å². The number of rotatable bonds is 10. The lowest BCUT2D eigenvalue weighted by molar-refractivity contribution is -0.177. The molecule has 0 saturated heterocycles. The minimum atomic E-state index is -0.806. The molecule has 1 atom stereocenters. The summed E-state index contributed by atoms with van der Waals surface area (Å²) in [4.78, 5) is 26.0. The summed E-state index contributed by atoms with van der Waals surface area (Å²) in [6.07, 6.45) is 0.916. The highest BCUT2D eigenvalue weighted by Gasteiger charge is 2.07. The highest BCUT2D eigenvalue weighted by molar-refractivity contribution is 5.68. The van der Waals surface area contributed by atoms with Gasteiger partial charge in [-0.05, 0) is 18.1 Å². The van der Waals surface area contributed by atoms with E-state index in [9.17, 15) is 9.59 Å². The van der Waals surface area contributed by atoms with Gasteiger partial charge in [-0.1, -0.05) is 6.92 Å². The van der Waals surface area contributed by atoms with Crippen LogP contribution in [-0.2, 0) is 19.2 Å². The molecule has 0 radical (unpaired) electrons. The van der Waals surface area contributed by atoms with Gasteiger partial charge in [0.25, 0.3) is 6.29 Å². The van der Waals surface area contributed by atoms with E-state index in [1.165, 1.54) is 5.01 Å². The maximum atomic E-state index is 10.9. The number of aliphatic carboxylic acids is 1. The Morgan fingerprint density at radius 3 is 2.63 bits per heavy atom. The van der Waals surface area contributed by atoms with E-state index >= 15 is 0 Å². The van der Waals surface area contributed by atoms with Crippen molar-refractivity contribution in [2.24, 2.45) is 10.5 Å². The van der Waals surface area contributed by atoms with E-state index < -0.39 is 12.3 Å². The predicted molar refractivity (Wildman–Crippen MR) is 65.9 cm³/mol. The van der Waals surface area contributed by atoms with Crippen molar-refractivity contribution in [3.63, 3.8) is 0 Å². The van der Waals surface area contributed by atoms with Crippen LogP contribution in [-0.4, -0.2) is 41.9 Å². The fourth-order valence-corrected chi connectivity index (χ4v) is 1.10. The summed E-state index contributed by atoms with van der Waals surface area (Å²) in [6.45, 7) is 3.80. The van der Waals surface area contributed by atoms with Crippen LogP contribution in [0.25, 0.3) is 0 Å². The average Bonchev–Trinajstić information content (AvgIpc) is 2.34. The Morgan fingerprint density at radius 1 is 1.37 bits per heavy atom. The first-order valence-corrected chi connectivity index (χ1v) is 6.14. The summed E-state index contributed by atoms with van der Waals surface area (Å²) in [7, 11) is 1.69. The van der Waals surface area contributed by atoms with Crippen LogP contribution in [0.1, 0.15) is 39.5 Å². The molecular formula is C11H21N3O5. The maximum absolute atomic E-state index is 10.9. The molecule has 0 spiro atoms. The third-order valence-corrected chi connectivity index (χ3v) is 2.09. The molecule has 0 fully saturated rings. The lowest BCUT2D eigenvalue weighted by Gasteiger charge is -2.12. The van der Waals surface area contributed by atoms with Crippen LogP contribution in [0.5, 0.6) is 0 Å². The average molecular weight is 275 g/mol. The Bertz CT molecular complexity index is 309. The molecule has 0 heterocycles. The van der Waals surface area contributed by atoms with Crippen LogP contribution >= 0.6 is 0 Å². The molecule has 0 saturated carbocycles. The zero-order valence-electron chi connectivity index (χ0n) is 11.5. The summed E-state index contributed by atoms with van der Waals surface area (Å²) in [5, 5.41) is 17.1. The van der Waals surface area contributed by atoms with E-state index in [4.69, 9.17) is 14.7 Å². The number of carboxylic acids is 1. The fraction of sp³-hybridized carbons (Fsp3) is 0.818. The molecule has 8 heteroatoms. The number of carboxylic acid groups (broad SMARTS) is 1. The van der Waals surface area contributed by atoms with E-state index in [-0.39, 0.29) is 18.8 Å². The Kier molecular flexibility index (Phi) is 9.11. The molecule has 110 valence electrons. The number of unbranched alkanes of at least 4 members (excludes halogenated alkanes) is 1. The summed E-state index contributed by atoms with van der Waals surface area (Å²) in [5.74, 6) is -1.18. The number of hydrogen-bond donors (Lipinski definition) is 1. The summed E-state index contributed by atoms with van der Waals surface area (Å²) >= 11 is 0. The molecule has 8 nitrogen and oxygen atoms in total. The van der Waals surface area contributed by atoms with Crippen molar-refractivity contribution < 1.29 is 24.3 Å². The number of hydrogen-bond acceptors (Lipinski definition) is 6. The Balaban J connectivity index is 3.68. The van der Waals surface area contributed by atoms with Gasteiger partial charge in [-0.15, -0.1) is 0 Å². The van der Waals surface area contributed by atoms with Gasteiger partial charge in [0.2, 0.25) is 0 Å². The molecule has 0 aliphatic heterocycles. The van der Waals surface area contributed by atoms with Gasteiger partial charge < -0.3 is 14.7 Å². The zero-order valence-corrected chi connectivity index (χ0v) is 11.5. The van der Waals surface area contributed by atoms with Crippen LogP contribution in [0, 0.1) is 0 Å². The quantitative estimate of drug-likeness (QED) is 0.214. The van der Waals surface area contributed by atoms with Gasteiger partial charge in [-0.25, -0.2) is 0 Å². The SMILES string of the molecule is CCC(=O)OC(C)O/N=N\N(C)CCCCC(=O)O. The zero-order chi connectivity index (χ0) is 14.7. The van der Waals surface area contributed by atoms with Crippen molar-refractivity contribution >= 4 is 11.9 Å². The minimum Gasteiger partial charge on any atom is -0.481 e. The second-order valence-corrected chi connectivity index (χ2v) is 3.92. The predicted octanol–water partition coefficient (Wildman–Crippen LogP) is 1.77. The fourth-order valence-electron chi connectivity index (χ4n) is 1.10. The van der Waals surface area contributed by atoms with E-state index in [0.717, 1.165) is 0 Å². The smallest absolute Gasteiger partial charge is 0.308 e. The molecule has 0 aromatic carbocycles. The largest absolute Gasteiger partial charge is 0.481 e. The molecule has 0 amide bonds. The van der Waals surface area contributed by atoms with Crippen molar-refractivity contribution in [3.8, 4) is 0 Å². The highest BCUT2D eigenvalue weighted by atomic mass is 16.8. The third-order valence-electron chi connectivity index (χ3n) is 2.09.